The molecule has 3 aromatic rings. The fourth-order valence-electron chi connectivity index (χ4n) is 2.82. The van der Waals surface area contributed by atoms with Gasteiger partial charge in [0.1, 0.15) is 0 Å². The first kappa shape index (κ1) is 19.7. The number of anilines is 1. The lowest BCUT2D eigenvalue weighted by atomic mass is 9.98. The number of carbonyl (C=O) groups is 1. The third-order valence-electron chi connectivity index (χ3n) is 4.21. The Morgan fingerprint density at radius 1 is 1.21 bits per heavy atom. The summed E-state index contributed by atoms with van der Waals surface area (Å²) < 4.78 is 15.7. The summed E-state index contributed by atoms with van der Waals surface area (Å²) in [5.41, 5.74) is 1.78. The Balaban J connectivity index is 2.12. The van der Waals surface area contributed by atoms with Gasteiger partial charge in [-0.25, -0.2) is 4.79 Å². The Bertz CT molecular complexity index is 1070. The number of rotatable bonds is 7. The molecular formula is C20H18N4O5. The molecule has 3 rings (SSSR count). The third-order valence-corrected chi connectivity index (χ3v) is 4.21. The molecule has 0 aliphatic carbocycles. The summed E-state index contributed by atoms with van der Waals surface area (Å²) in [6.07, 6.45) is 0. The number of carboxylic acid groups (broad SMARTS) is 1. The Hall–Kier alpha value is -4.06. The summed E-state index contributed by atoms with van der Waals surface area (Å²) in [5.74, 6) is 0.206. The second-order valence-corrected chi connectivity index (χ2v) is 6.04. The lowest BCUT2D eigenvalue weighted by Crippen LogP contribution is -2.21. The third kappa shape index (κ3) is 4.11. The van der Waals surface area contributed by atoms with Gasteiger partial charge in [0.05, 0.1) is 25.9 Å². The largest absolute Gasteiger partial charge is 0.493 e. The summed E-state index contributed by atoms with van der Waals surface area (Å²) in [7, 11) is 2.94. The number of nitrogens with zero attached hydrogens (tertiary/aromatic N) is 3. The number of aryl methyl sites for hydroxylation is 1. The van der Waals surface area contributed by atoms with Crippen LogP contribution < -0.4 is 14.8 Å². The molecular weight excluding hydrogens is 376 g/mol. The summed E-state index contributed by atoms with van der Waals surface area (Å²) >= 11 is 0. The minimum atomic E-state index is -1.16. The fourth-order valence-corrected chi connectivity index (χ4v) is 2.82. The van der Waals surface area contributed by atoms with Gasteiger partial charge in [0.25, 0.3) is 0 Å². The van der Waals surface area contributed by atoms with Gasteiger partial charge in [-0.15, -0.1) is 0 Å². The molecule has 0 saturated carbocycles. The van der Waals surface area contributed by atoms with E-state index in [1.807, 2.05) is 6.07 Å². The van der Waals surface area contributed by atoms with Crippen LogP contribution in [0.4, 0.5) is 5.69 Å². The molecule has 9 nitrogen and oxygen atoms in total. The zero-order chi connectivity index (χ0) is 21.0. The molecule has 0 amide bonds. The van der Waals surface area contributed by atoms with E-state index in [1.54, 1.807) is 43.3 Å². The van der Waals surface area contributed by atoms with Crippen LogP contribution in [0, 0.1) is 18.3 Å². The standard InChI is InChI=1S/C20H18N4O5/c1-11-22-19(24-29-11)15-9-17(28-3)16(27-2)8-14(15)18(20(25)26)23-13-6-4-12(10-21)5-7-13/h4-9,18,23H,1-3H3,(H,25,26). The molecule has 148 valence electrons. The van der Waals surface area contributed by atoms with E-state index in [-0.39, 0.29) is 5.82 Å². The number of methoxy groups -OCH3 is 2. The zero-order valence-corrected chi connectivity index (χ0v) is 16.0. The number of hydrogen-bond acceptors (Lipinski definition) is 8. The number of hydrogen-bond donors (Lipinski definition) is 2. The molecule has 2 N–H and O–H groups in total. The van der Waals surface area contributed by atoms with Gasteiger partial charge in [-0.3, -0.25) is 0 Å². The quantitative estimate of drug-likeness (QED) is 0.620. The van der Waals surface area contributed by atoms with Crippen molar-refractivity contribution in [3.63, 3.8) is 0 Å². The van der Waals surface area contributed by atoms with Gasteiger partial charge in [0.2, 0.25) is 11.7 Å². The minimum absolute atomic E-state index is 0.228. The monoisotopic (exact) mass is 394 g/mol. The first-order chi connectivity index (χ1) is 14.0. The molecule has 2 aromatic carbocycles. The number of nitrogens with one attached hydrogen (secondary N) is 1. The van der Waals surface area contributed by atoms with Crippen LogP contribution in [0.25, 0.3) is 11.4 Å². The highest BCUT2D eigenvalue weighted by Gasteiger charge is 2.27. The van der Waals surface area contributed by atoms with E-state index in [4.69, 9.17) is 19.3 Å². The number of benzene rings is 2. The number of aliphatic carboxylic acids is 1. The lowest BCUT2D eigenvalue weighted by molar-refractivity contribution is -0.138. The van der Waals surface area contributed by atoms with E-state index >= 15 is 0 Å². The van der Waals surface area contributed by atoms with E-state index < -0.39 is 12.0 Å². The molecule has 9 heteroatoms. The van der Waals surface area contributed by atoms with E-state index in [2.05, 4.69) is 15.5 Å². The van der Waals surface area contributed by atoms with Crippen molar-refractivity contribution in [1.29, 1.82) is 5.26 Å². The van der Waals surface area contributed by atoms with Gasteiger partial charge in [0.15, 0.2) is 17.5 Å². The van der Waals surface area contributed by atoms with Crippen molar-refractivity contribution >= 4 is 11.7 Å². The topological polar surface area (TPSA) is 130 Å². The summed E-state index contributed by atoms with van der Waals surface area (Å²) in [6.45, 7) is 1.64. The Labute approximate surface area is 166 Å². The van der Waals surface area contributed by atoms with Crippen LogP contribution in [0.15, 0.2) is 40.9 Å². The van der Waals surface area contributed by atoms with Crippen LogP contribution in [-0.2, 0) is 4.79 Å². The normalized spacial score (nSPS) is 11.4. The maximum absolute atomic E-state index is 12.1. The van der Waals surface area contributed by atoms with Crippen LogP contribution in [0.2, 0.25) is 0 Å². The molecule has 0 radical (unpaired) electrons. The first-order valence-corrected chi connectivity index (χ1v) is 8.53. The average Bonchev–Trinajstić information content (AvgIpc) is 3.17. The minimum Gasteiger partial charge on any atom is -0.493 e. The van der Waals surface area contributed by atoms with E-state index in [0.717, 1.165) is 0 Å². The maximum atomic E-state index is 12.1. The van der Waals surface area contributed by atoms with Crippen LogP contribution >= 0.6 is 0 Å². The van der Waals surface area contributed by atoms with Gasteiger partial charge in [-0.05, 0) is 36.4 Å². The molecule has 29 heavy (non-hydrogen) atoms. The Morgan fingerprint density at radius 3 is 2.38 bits per heavy atom. The molecule has 1 aromatic heterocycles. The van der Waals surface area contributed by atoms with Crippen LogP contribution in [-0.4, -0.2) is 35.4 Å². The van der Waals surface area contributed by atoms with Crippen LogP contribution in [0.3, 0.4) is 0 Å². The molecule has 0 aliphatic heterocycles. The van der Waals surface area contributed by atoms with E-state index in [9.17, 15) is 9.90 Å². The molecule has 0 fully saturated rings. The van der Waals surface area contributed by atoms with Gasteiger partial charge >= 0.3 is 5.97 Å². The Kier molecular flexibility index (Phi) is 5.64. The van der Waals surface area contributed by atoms with Gasteiger partial charge in [0, 0.05) is 23.7 Å². The van der Waals surface area contributed by atoms with Crippen molar-refractivity contribution in [2.24, 2.45) is 0 Å². The molecule has 1 atom stereocenters. The van der Waals surface area contributed by atoms with Crippen molar-refractivity contribution in [1.82, 2.24) is 10.1 Å². The fraction of sp³-hybridized carbons (Fsp3) is 0.200. The number of aromatic nitrogens is 2. The molecule has 1 unspecified atom stereocenters. The predicted molar refractivity (Wildman–Crippen MR) is 103 cm³/mol. The number of carboxylic acids is 1. The molecule has 0 aliphatic rings. The SMILES string of the molecule is COc1cc(-c2noc(C)n2)c(C(Nc2ccc(C#N)cc2)C(=O)O)cc1OC. The van der Waals surface area contributed by atoms with E-state index in [0.29, 0.717) is 39.8 Å². The van der Waals surface area contributed by atoms with Crippen molar-refractivity contribution in [3.05, 3.63) is 53.4 Å². The van der Waals surface area contributed by atoms with Gasteiger partial charge < -0.3 is 24.4 Å². The van der Waals surface area contributed by atoms with Gasteiger partial charge in [-0.2, -0.15) is 10.2 Å². The Morgan fingerprint density at radius 2 is 1.86 bits per heavy atom. The number of nitriles is 1. The van der Waals surface area contributed by atoms with Crippen molar-refractivity contribution in [2.75, 3.05) is 19.5 Å². The maximum Gasteiger partial charge on any atom is 0.330 e. The lowest BCUT2D eigenvalue weighted by Gasteiger charge is -2.20. The highest BCUT2D eigenvalue weighted by Crippen LogP contribution is 2.38. The first-order valence-electron chi connectivity index (χ1n) is 8.53. The number of ether oxygens (including phenoxy) is 2. The average molecular weight is 394 g/mol. The molecule has 0 saturated heterocycles. The smallest absolute Gasteiger partial charge is 0.330 e. The van der Waals surface area contributed by atoms with Gasteiger partial charge in [-0.1, -0.05) is 5.16 Å². The highest BCUT2D eigenvalue weighted by atomic mass is 16.5. The van der Waals surface area contributed by atoms with Crippen LogP contribution in [0.1, 0.15) is 23.1 Å². The van der Waals surface area contributed by atoms with Crippen molar-refractivity contribution in [2.45, 2.75) is 13.0 Å². The molecule has 1 heterocycles. The second-order valence-electron chi connectivity index (χ2n) is 6.04. The van der Waals surface area contributed by atoms with E-state index in [1.165, 1.54) is 14.2 Å². The zero-order valence-electron chi connectivity index (χ0n) is 16.0. The molecule has 0 bridgehead atoms. The summed E-state index contributed by atoms with van der Waals surface area (Å²) in [4.78, 5) is 16.3. The predicted octanol–water partition coefficient (Wildman–Crippen LogP) is 3.17. The van der Waals surface area contributed by atoms with Crippen molar-refractivity contribution in [3.8, 4) is 29.0 Å². The van der Waals surface area contributed by atoms with Crippen LogP contribution in [0.5, 0.6) is 11.5 Å². The summed E-state index contributed by atoms with van der Waals surface area (Å²) in [6, 6.07) is 10.5. The second kappa shape index (κ2) is 8.31. The molecule has 0 spiro atoms. The highest BCUT2D eigenvalue weighted by molar-refractivity contribution is 5.83. The van der Waals surface area contributed by atoms with Crippen molar-refractivity contribution < 1.29 is 23.9 Å². The summed E-state index contributed by atoms with van der Waals surface area (Å²) in [5, 5.41) is 25.7.